The van der Waals surface area contributed by atoms with Gasteiger partial charge in [0.2, 0.25) is 23.5 Å². The number of hydrogen-bond acceptors (Lipinski definition) is 6. The molecule has 9 heteroatoms. The molecule has 0 aliphatic rings. The number of carbonyl (C=O) groups is 2. The molecule has 0 saturated heterocycles. The maximum atomic E-state index is 13.7. The Morgan fingerprint density at radius 2 is 1.90 bits per heavy atom. The van der Waals surface area contributed by atoms with Crippen molar-refractivity contribution in [3.8, 4) is 17.1 Å². The number of rotatable bonds is 9. The van der Waals surface area contributed by atoms with Gasteiger partial charge >= 0.3 is 0 Å². The Hall–Kier alpha value is -3.75. The lowest BCUT2D eigenvalue weighted by atomic mass is 10.1. The van der Waals surface area contributed by atoms with Crippen LogP contribution in [-0.4, -0.2) is 35.1 Å². The molecule has 0 radical (unpaired) electrons. The molecule has 0 fully saturated rings. The van der Waals surface area contributed by atoms with Gasteiger partial charge in [-0.15, -0.1) is 0 Å². The zero-order valence-electron chi connectivity index (χ0n) is 17.3. The molecule has 1 aromatic heterocycles. The predicted molar refractivity (Wildman–Crippen MR) is 112 cm³/mol. The van der Waals surface area contributed by atoms with Gasteiger partial charge in [0.1, 0.15) is 11.6 Å². The SMILES string of the molecule is CCOc1ccc(NC(=O)CNC(=O)CCc2nc(-c3ccc(C)c(F)c3)no2)cc1. The standard InChI is InChI=1S/C22H23FN4O4/c1-3-30-17-8-6-16(7-9-17)25-20(29)13-24-19(28)10-11-21-26-22(27-31-21)15-5-4-14(2)18(23)12-15/h4-9,12H,3,10-11,13H2,1-2H3,(H,24,28)(H,25,29). The molecule has 31 heavy (non-hydrogen) atoms. The van der Waals surface area contributed by atoms with Crippen LogP contribution < -0.4 is 15.4 Å². The molecular formula is C22H23FN4O4. The van der Waals surface area contributed by atoms with Gasteiger partial charge in [-0.2, -0.15) is 4.98 Å². The molecule has 0 aliphatic heterocycles. The molecule has 0 spiro atoms. The normalized spacial score (nSPS) is 10.5. The third-order valence-corrected chi connectivity index (χ3v) is 4.36. The van der Waals surface area contributed by atoms with Gasteiger partial charge in [-0.05, 0) is 49.7 Å². The van der Waals surface area contributed by atoms with Crippen LogP contribution in [0.25, 0.3) is 11.4 Å². The summed E-state index contributed by atoms with van der Waals surface area (Å²) in [4.78, 5) is 28.2. The van der Waals surface area contributed by atoms with E-state index in [-0.39, 0.29) is 48.7 Å². The van der Waals surface area contributed by atoms with Crippen molar-refractivity contribution in [1.82, 2.24) is 15.5 Å². The van der Waals surface area contributed by atoms with Gasteiger partial charge in [-0.25, -0.2) is 4.39 Å². The van der Waals surface area contributed by atoms with Crippen molar-refractivity contribution in [2.75, 3.05) is 18.5 Å². The van der Waals surface area contributed by atoms with Crippen LogP contribution in [-0.2, 0) is 16.0 Å². The van der Waals surface area contributed by atoms with Gasteiger partial charge < -0.3 is 19.9 Å². The monoisotopic (exact) mass is 426 g/mol. The molecule has 2 amide bonds. The second kappa shape index (κ2) is 10.3. The van der Waals surface area contributed by atoms with Crippen molar-refractivity contribution < 1.29 is 23.2 Å². The summed E-state index contributed by atoms with van der Waals surface area (Å²) in [6.45, 7) is 3.95. The van der Waals surface area contributed by atoms with Crippen LogP contribution in [0.1, 0.15) is 24.8 Å². The Bertz CT molecular complexity index is 1050. The van der Waals surface area contributed by atoms with Gasteiger partial charge in [0, 0.05) is 24.1 Å². The van der Waals surface area contributed by atoms with Gasteiger partial charge in [0.15, 0.2) is 0 Å². The molecule has 0 bridgehead atoms. The van der Waals surface area contributed by atoms with Crippen LogP contribution >= 0.6 is 0 Å². The Morgan fingerprint density at radius 3 is 2.61 bits per heavy atom. The van der Waals surface area contributed by atoms with Gasteiger partial charge in [-0.1, -0.05) is 17.3 Å². The quantitative estimate of drug-likeness (QED) is 0.544. The largest absolute Gasteiger partial charge is 0.494 e. The summed E-state index contributed by atoms with van der Waals surface area (Å²) in [6, 6.07) is 11.6. The summed E-state index contributed by atoms with van der Waals surface area (Å²) in [5, 5.41) is 9.05. The second-order valence-electron chi connectivity index (χ2n) is 6.76. The van der Waals surface area contributed by atoms with E-state index < -0.39 is 0 Å². The zero-order chi connectivity index (χ0) is 22.2. The maximum absolute atomic E-state index is 13.7. The smallest absolute Gasteiger partial charge is 0.243 e. The third kappa shape index (κ3) is 6.36. The van der Waals surface area contributed by atoms with Crippen molar-refractivity contribution in [3.63, 3.8) is 0 Å². The number of nitrogens with zero attached hydrogens (tertiary/aromatic N) is 2. The number of ether oxygens (including phenoxy) is 1. The van der Waals surface area contributed by atoms with E-state index >= 15 is 0 Å². The van der Waals surface area contributed by atoms with E-state index in [1.165, 1.54) is 6.07 Å². The van der Waals surface area contributed by atoms with E-state index in [9.17, 15) is 14.0 Å². The summed E-state index contributed by atoms with van der Waals surface area (Å²) in [5.74, 6) is 0.188. The molecule has 2 aromatic carbocycles. The van der Waals surface area contributed by atoms with Crippen molar-refractivity contribution in [2.45, 2.75) is 26.7 Å². The first-order chi connectivity index (χ1) is 14.9. The highest BCUT2D eigenvalue weighted by molar-refractivity contribution is 5.94. The van der Waals surface area contributed by atoms with Crippen LogP contribution in [0.5, 0.6) is 5.75 Å². The van der Waals surface area contributed by atoms with Crippen molar-refractivity contribution in [1.29, 1.82) is 0 Å². The molecule has 0 aliphatic carbocycles. The summed E-state index contributed by atoms with van der Waals surface area (Å²) >= 11 is 0. The lowest BCUT2D eigenvalue weighted by Crippen LogP contribution is -2.32. The van der Waals surface area contributed by atoms with Crippen molar-refractivity contribution >= 4 is 17.5 Å². The van der Waals surface area contributed by atoms with Gasteiger partial charge in [0.25, 0.3) is 0 Å². The third-order valence-electron chi connectivity index (χ3n) is 4.36. The van der Waals surface area contributed by atoms with E-state index in [1.54, 1.807) is 43.3 Å². The van der Waals surface area contributed by atoms with Crippen LogP contribution in [0.2, 0.25) is 0 Å². The molecule has 0 saturated carbocycles. The topological polar surface area (TPSA) is 106 Å². The Balaban J connectivity index is 1.42. The minimum atomic E-state index is -0.355. The molecule has 162 valence electrons. The Labute approximate surface area is 178 Å². The molecule has 8 nitrogen and oxygen atoms in total. The first-order valence-electron chi connectivity index (χ1n) is 9.83. The summed E-state index contributed by atoms with van der Waals surface area (Å²) < 4.78 is 24.1. The number of amides is 2. The first-order valence-corrected chi connectivity index (χ1v) is 9.83. The maximum Gasteiger partial charge on any atom is 0.243 e. The summed E-state index contributed by atoms with van der Waals surface area (Å²) in [5.41, 5.74) is 1.62. The number of aromatic nitrogens is 2. The average Bonchev–Trinajstić information content (AvgIpc) is 3.23. The van der Waals surface area contributed by atoms with Crippen molar-refractivity contribution in [2.24, 2.45) is 0 Å². The number of carbonyl (C=O) groups excluding carboxylic acids is 2. The molecule has 3 aromatic rings. The van der Waals surface area contributed by atoms with Crippen LogP contribution in [0.4, 0.5) is 10.1 Å². The second-order valence-corrected chi connectivity index (χ2v) is 6.76. The molecule has 3 rings (SSSR count). The van der Waals surface area contributed by atoms with Crippen LogP contribution in [0.15, 0.2) is 47.0 Å². The fourth-order valence-electron chi connectivity index (χ4n) is 2.70. The van der Waals surface area contributed by atoms with Crippen LogP contribution in [0.3, 0.4) is 0 Å². The lowest BCUT2D eigenvalue weighted by molar-refractivity contribution is -0.124. The molecule has 0 atom stereocenters. The fraction of sp³-hybridized carbons (Fsp3) is 0.273. The highest BCUT2D eigenvalue weighted by atomic mass is 19.1. The average molecular weight is 426 g/mol. The van der Waals surface area contributed by atoms with E-state index in [1.807, 2.05) is 6.92 Å². The highest BCUT2D eigenvalue weighted by Gasteiger charge is 2.13. The first kappa shape index (κ1) is 21.9. The minimum Gasteiger partial charge on any atom is -0.494 e. The fourth-order valence-corrected chi connectivity index (χ4v) is 2.70. The lowest BCUT2D eigenvalue weighted by Gasteiger charge is -2.08. The van der Waals surface area contributed by atoms with Gasteiger partial charge in [-0.3, -0.25) is 9.59 Å². The predicted octanol–water partition coefficient (Wildman–Crippen LogP) is 3.27. The van der Waals surface area contributed by atoms with Gasteiger partial charge in [0.05, 0.1) is 13.2 Å². The van der Waals surface area contributed by atoms with E-state index in [0.29, 0.717) is 29.2 Å². The van der Waals surface area contributed by atoms with E-state index in [4.69, 9.17) is 9.26 Å². The van der Waals surface area contributed by atoms with Crippen LogP contribution in [0, 0.1) is 12.7 Å². The highest BCUT2D eigenvalue weighted by Crippen LogP contribution is 2.19. The number of hydrogen-bond donors (Lipinski definition) is 2. The van der Waals surface area contributed by atoms with E-state index in [2.05, 4.69) is 20.8 Å². The number of halogens is 1. The summed E-state index contributed by atoms with van der Waals surface area (Å²) in [7, 11) is 0. The number of benzene rings is 2. The Kier molecular flexibility index (Phi) is 7.31. The Morgan fingerprint density at radius 1 is 1.13 bits per heavy atom. The number of anilines is 1. The number of nitrogens with one attached hydrogen (secondary N) is 2. The zero-order valence-corrected chi connectivity index (χ0v) is 17.3. The summed E-state index contributed by atoms with van der Waals surface area (Å²) in [6.07, 6.45) is 0.272. The van der Waals surface area contributed by atoms with E-state index in [0.717, 1.165) is 0 Å². The molecule has 1 heterocycles. The van der Waals surface area contributed by atoms with Crippen molar-refractivity contribution in [3.05, 3.63) is 59.7 Å². The molecule has 2 N–H and O–H groups in total. The number of aryl methyl sites for hydroxylation is 2. The molecule has 0 unspecified atom stereocenters. The molecular weight excluding hydrogens is 403 g/mol. The minimum absolute atomic E-state index is 0.0697.